The molecule has 0 saturated heterocycles. The molecule has 0 bridgehead atoms. The van der Waals surface area contributed by atoms with E-state index in [-0.39, 0.29) is 0 Å². The molecule has 4 rings (SSSR count). The summed E-state index contributed by atoms with van der Waals surface area (Å²) in [6, 6.07) is 0. The van der Waals surface area contributed by atoms with Gasteiger partial charge >= 0.3 is 0 Å². The van der Waals surface area contributed by atoms with E-state index in [2.05, 4.69) is 13.8 Å². The van der Waals surface area contributed by atoms with Crippen molar-refractivity contribution in [2.45, 2.75) is 71.3 Å². The molecular weight excluding hydrogens is 284 g/mol. The van der Waals surface area contributed by atoms with Gasteiger partial charge in [-0.25, -0.2) is 0 Å². The van der Waals surface area contributed by atoms with Crippen molar-refractivity contribution in [3.05, 3.63) is 22.8 Å². The van der Waals surface area contributed by atoms with Crippen molar-refractivity contribution >= 4 is 5.78 Å². The minimum atomic E-state index is 0.343. The second-order valence-corrected chi connectivity index (χ2v) is 8.46. The van der Waals surface area contributed by atoms with E-state index in [1.54, 1.807) is 11.1 Å². The fourth-order valence-corrected chi connectivity index (χ4v) is 6.65. The third-order valence-corrected chi connectivity index (χ3v) is 7.61. The molecule has 0 spiro atoms. The Balaban J connectivity index is 1.74. The fraction of sp³-hybridized carbons (Fsp3) is 0.762. The Bertz CT molecular complexity index is 583. The highest BCUT2D eigenvalue weighted by Gasteiger charge is 2.57. The lowest BCUT2D eigenvalue weighted by molar-refractivity contribution is -0.114. The molecule has 126 valence electrons. The van der Waals surface area contributed by atoms with E-state index >= 15 is 0 Å². The number of ether oxygens (including phenoxy) is 1. The van der Waals surface area contributed by atoms with E-state index in [0.717, 1.165) is 31.1 Å². The SMILES string of the molecule is CO[C@H]1CC[C@H]2[C@@H]3CCC4=CC(=O)CCC4=C3CCC12C(C)C. The summed E-state index contributed by atoms with van der Waals surface area (Å²) in [4.78, 5) is 11.8. The molecule has 1 unspecified atom stereocenters. The highest BCUT2D eigenvalue weighted by molar-refractivity contribution is 5.93. The standard InChI is InChI=1S/C21H30O2/c1-13(2)21-11-10-17-16-7-5-15(22)12-14(16)4-6-18(17)19(21)8-9-20(21)23-3/h12-13,18-20H,4-11H2,1-3H3/t18-,19+,20+,21?/m1/s1. The molecule has 2 fully saturated rings. The van der Waals surface area contributed by atoms with Gasteiger partial charge in [0.15, 0.2) is 5.78 Å². The number of rotatable bonds is 2. The average molecular weight is 314 g/mol. The number of fused-ring (bicyclic) bond motifs is 4. The van der Waals surface area contributed by atoms with E-state index in [4.69, 9.17) is 4.74 Å². The van der Waals surface area contributed by atoms with E-state index in [9.17, 15) is 4.79 Å². The number of carbonyl (C=O) groups is 1. The molecule has 0 radical (unpaired) electrons. The van der Waals surface area contributed by atoms with Gasteiger partial charge in [0.2, 0.25) is 0 Å². The highest BCUT2D eigenvalue weighted by Crippen LogP contribution is 2.63. The summed E-state index contributed by atoms with van der Waals surface area (Å²) in [6.07, 6.45) is 11.6. The first kappa shape index (κ1) is 15.6. The molecule has 0 amide bonds. The van der Waals surface area contributed by atoms with Crippen molar-refractivity contribution < 1.29 is 9.53 Å². The van der Waals surface area contributed by atoms with E-state index in [0.29, 0.717) is 23.2 Å². The Morgan fingerprint density at radius 3 is 2.70 bits per heavy atom. The summed E-state index contributed by atoms with van der Waals surface area (Å²) in [6.45, 7) is 4.83. The molecule has 0 aliphatic heterocycles. The zero-order valence-electron chi connectivity index (χ0n) is 14.9. The fourth-order valence-electron chi connectivity index (χ4n) is 6.65. The lowest BCUT2D eigenvalue weighted by Gasteiger charge is -2.52. The van der Waals surface area contributed by atoms with E-state index < -0.39 is 0 Å². The molecule has 2 heteroatoms. The van der Waals surface area contributed by atoms with Crippen LogP contribution < -0.4 is 0 Å². The average Bonchev–Trinajstić information content (AvgIpc) is 2.94. The summed E-state index contributed by atoms with van der Waals surface area (Å²) in [5, 5.41) is 0. The zero-order chi connectivity index (χ0) is 16.2. The first-order valence-corrected chi connectivity index (χ1v) is 9.56. The van der Waals surface area contributed by atoms with Gasteiger partial charge < -0.3 is 4.74 Å². The minimum absolute atomic E-state index is 0.343. The molecular formula is C21H30O2. The Labute approximate surface area is 140 Å². The molecule has 4 atom stereocenters. The quantitative estimate of drug-likeness (QED) is 0.729. The van der Waals surface area contributed by atoms with Crippen LogP contribution in [0.4, 0.5) is 0 Å². The van der Waals surface area contributed by atoms with Crippen molar-refractivity contribution in [3.63, 3.8) is 0 Å². The largest absolute Gasteiger partial charge is 0.381 e. The Morgan fingerprint density at radius 1 is 1.13 bits per heavy atom. The van der Waals surface area contributed by atoms with Crippen molar-refractivity contribution in [1.82, 2.24) is 0 Å². The van der Waals surface area contributed by atoms with Crippen LogP contribution in [0.1, 0.15) is 65.2 Å². The molecule has 4 aliphatic rings. The summed E-state index contributed by atoms with van der Waals surface area (Å²) in [7, 11) is 1.92. The van der Waals surface area contributed by atoms with Gasteiger partial charge in [0, 0.05) is 18.9 Å². The predicted octanol–water partition coefficient (Wildman–Crippen LogP) is 4.84. The summed E-state index contributed by atoms with van der Waals surface area (Å²) in [5.74, 6) is 2.58. The van der Waals surface area contributed by atoms with Crippen LogP contribution >= 0.6 is 0 Å². The lowest BCUT2D eigenvalue weighted by atomic mass is 9.53. The maximum atomic E-state index is 11.8. The van der Waals surface area contributed by atoms with Crippen LogP contribution in [0.2, 0.25) is 0 Å². The molecule has 0 N–H and O–H groups in total. The van der Waals surface area contributed by atoms with Gasteiger partial charge in [-0.05, 0) is 79.9 Å². The van der Waals surface area contributed by atoms with Gasteiger partial charge in [0.1, 0.15) is 0 Å². The molecule has 2 nitrogen and oxygen atoms in total. The molecule has 0 aromatic carbocycles. The Morgan fingerprint density at radius 2 is 1.96 bits per heavy atom. The number of allylic oxidation sites excluding steroid dienone is 4. The monoisotopic (exact) mass is 314 g/mol. The first-order chi connectivity index (χ1) is 11.1. The second-order valence-electron chi connectivity index (χ2n) is 8.46. The minimum Gasteiger partial charge on any atom is -0.381 e. The van der Waals surface area contributed by atoms with Gasteiger partial charge in [0.05, 0.1) is 6.10 Å². The second kappa shape index (κ2) is 5.58. The number of hydrogen-bond donors (Lipinski definition) is 0. The summed E-state index contributed by atoms with van der Waals surface area (Å²) < 4.78 is 5.97. The van der Waals surface area contributed by atoms with Crippen LogP contribution in [-0.2, 0) is 9.53 Å². The maximum absolute atomic E-state index is 11.8. The highest BCUT2D eigenvalue weighted by atomic mass is 16.5. The van der Waals surface area contributed by atoms with Gasteiger partial charge in [-0.1, -0.05) is 19.4 Å². The third-order valence-electron chi connectivity index (χ3n) is 7.61. The van der Waals surface area contributed by atoms with Crippen LogP contribution in [0.15, 0.2) is 22.8 Å². The van der Waals surface area contributed by atoms with Crippen molar-refractivity contribution in [2.75, 3.05) is 7.11 Å². The first-order valence-electron chi connectivity index (χ1n) is 9.56. The molecule has 0 heterocycles. The van der Waals surface area contributed by atoms with Crippen molar-refractivity contribution in [2.24, 2.45) is 23.2 Å². The van der Waals surface area contributed by atoms with Crippen LogP contribution in [0.5, 0.6) is 0 Å². The summed E-state index contributed by atoms with van der Waals surface area (Å²) in [5.41, 5.74) is 5.08. The van der Waals surface area contributed by atoms with Crippen LogP contribution in [-0.4, -0.2) is 19.0 Å². The Hall–Kier alpha value is -0.890. The molecule has 4 aliphatic carbocycles. The summed E-state index contributed by atoms with van der Waals surface area (Å²) >= 11 is 0. The molecule has 0 aromatic heterocycles. The van der Waals surface area contributed by atoms with Gasteiger partial charge in [-0.15, -0.1) is 0 Å². The maximum Gasteiger partial charge on any atom is 0.156 e. The zero-order valence-corrected chi connectivity index (χ0v) is 14.9. The van der Waals surface area contributed by atoms with Crippen LogP contribution in [0, 0.1) is 23.2 Å². The van der Waals surface area contributed by atoms with E-state index in [1.165, 1.54) is 37.7 Å². The number of hydrogen-bond acceptors (Lipinski definition) is 2. The predicted molar refractivity (Wildman–Crippen MR) is 92.1 cm³/mol. The smallest absolute Gasteiger partial charge is 0.156 e. The topological polar surface area (TPSA) is 26.3 Å². The van der Waals surface area contributed by atoms with Crippen molar-refractivity contribution in [1.29, 1.82) is 0 Å². The van der Waals surface area contributed by atoms with E-state index in [1.807, 2.05) is 13.2 Å². The van der Waals surface area contributed by atoms with Crippen molar-refractivity contribution in [3.8, 4) is 0 Å². The number of methoxy groups -OCH3 is 1. The molecule has 2 saturated carbocycles. The number of carbonyl (C=O) groups excluding carboxylic acids is 1. The molecule has 23 heavy (non-hydrogen) atoms. The normalized spacial score (nSPS) is 39.9. The lowest BCUT2D eigenvalue weighted by Crippen LogP contribution is -2.48. The van der Waals surface area contributed by atoms with Gasteiger partial charge in [-0.3, -0.25) is 4.79 Å². The van der Waals surface area contributed by atoms with Crippen LogP contribution in [0.25, 0.3) is 0 Å². The van der Waals surface area contributed by atoms with Crippen LogP contribution in [0.3, 0.4) is 0 Å². The van der Waals surface area contributed by atoms with Gasteiger partial charge in [-0.2, -0.15) is 0 Å². The Kier molecular flexibility index (Phi) is 3.79. The number of ketones is 1. The van der Waals surface area contributed by atoms with Gasteiger partial charge in [0.25, 0.3) is 0 Å². The third kappa shape index (κ3) is 2.13. The molecule has 0 aromatic rings.